The van der Waals surface area contributed by atoms with Gasteiger partial charge < -0.3 is 5.32 Å². The fourth-order valence-corrected chi connectivity index (χ4v) is 4.32. The van der Waals surface area contributed by atoms with Gasteiger partial charge >= 0.3 is 0 Å². The Labute approximate surface area is 113 Å². The molecular formula is C17H31N. The lowest BCUT2D eigenvalue weighted by atomic mass is 9.67. The summed E-state index contributed by atoms with van der Waals surface area (Å²) in [6.07, 6.45) is 13.3. The van der Waals surface area contributed by atoms with E-state index in [2.05, 4.69) is 19.2 Å². The van der Waals surface area contributed by atoms with Gasteiger partial charge in [-0.15, -0.1) is 0 Å². The molecule has 3 rings (SSSR count). The van der Waals surface area contributed by atoms with Gasteiger partial charge in [-0.1, -0.05) is 39.5 Å². The Morgan fingerprint density at radius 3 is 1.83 bits per heavy atom. The highest BCUT2D eigenvalue weighted by molar-refractivity contribution is 4.94. The second kappa shape index (κ2) is 5.53. The molecule has 0 heterocycles. The molecule has 3 fully saturated rings. The number of hydrogen-bond donors (Lipinski definition) is 1. The van der Waals surface area contributed by atoms with Crippen molar-refractivity contribution in [1.82, 2.24) is 5.32 Å². The first-order valence-electron chi connectivity index (χ1n) is 8.51. The molecule has 3 unspecified atom stereocenters. The zero-order valence-electron chi connectivity index (χ0n) is 12.3. The largest absolute Gasteiger partial charge is 0.310 e. The Balaban J connectivity index is 1.60. The van der Waals surface area contributed by atoms with Crippen LogP contribution in [0, 0.1) is 23.7 Å². The third-order valence-corrected chi connectivity index (χ3v) is 6.43. The Morgan fingerprint density at radius 2 is 1.33 bits per heavy atom. The van der Waals surface area contributed by atoms with Crippen molar-refractivity contribution in [3.63, 3.8) is 0 Å². The molecule has 0 aliphatic heterocycles. The highest BCUT2D eigenvalue weighted by Gasteiger charge is 2.38. The van der Waals surface area contributed by atoms with E-state index in [1.807, 2.05) is 0 Å². The van der Waals surface area contributed by atoms with Gasteiger partial charge in [0, 0.05) is 12.1 Å². The van der Waals surface area contributed by atoms with Crippen LogP contribution in [-0.4, -0.2) is 12.1 Å². The maximum atomic E-state index is 4.14. The molecule has 0 spiro atoms. The van der Waals surface area contributed by atoms with Crippen molar-refractivity contribution in [2.75, 3.05) is 0 Å². The molecule has 1 heteroatoms. The summed E-state index contributed by atoms with van der Waals surface area (Å²) in [6, 6.07) is 1.70. The van der Waals surface area contributed by atoms with E-state index >= 15 is 0 Å². The molecule has 0 aromatic heterocycles. The monoisotopic (exact) mass is 249 g/mol. The van der Waals surface area contributed by atoms with Crippen LogP contribution in [0.2, 0.25) is 0 Å². The van der Waals surface area contributed by atoms with Gasteiger partial charge in [-0.05, 0) is 55.8 Å². The Kier molecular flexibility index (Phi) is 3.98. The molecule has 1 N–H and O–H groups in total. The van der Waals surface area contributed by atoms with Crippen LogP contribution in [0.1, 0.15) is 71.6 Å². The third kappa shape index (κ3) is 2.48. The van der Waals surface area contributed by atoms with Crippen LogP contribution in [0.5, 0.6) is 0 Å². The van der Waals surface area contributed by atoms with E-state index in [0.717, 1.165) is 35.8 Å². The molecule has 0 aromatic carbocycles. The first-order chi connectivity index (χ1) is 8.75. The molecule has 0 bridgehead atoms. The molecular weight excluding hydrogens is 218 g/mol. The zero-order valence-corrected chi connectivity index (χ0v) is 12.3. The lowest BCUT2D eigenvalue weighted by molar-refractivity contribution is 0.0869. The second-order valence-electron chi connectivity index (χ2n) is 7.45. The Bertz CT molecular complexity index is 253. The molecule has 104 valence electrons. The highest BCUT2D eigenvalue weighted by atomic mass is 15.0. The lowest BCUT2D eigenvalue weighted by Gasteiger charge is -2.47. The summed E-state index contributed by atoms with van der Waals surface area (Å²) in [4.78, 5) is 0. The topological polar surface area (TPSA) is 12.0 Å². The van der Waals surface area contributed by atoms with E-state index in [1.165, 1.54) is 57.8 Å². The molecule has 1 nitrogen and oxygen atoms in total. The van der Waals surface area contributed by atoms with Gasteiger partial charge in [0.1, 0.15) is 0 Å². The summed E-state index contributed by atoms with van der Waals surface area (Å²) in [6.45, 7) is 4.94. The van der Waals surface area contributed by atoms with Gasteiger partial charge in [0.25, 0.3) is 0 Å². The van der Waals surface area contributed by atoms with Crippen molar-refractivity contribution in [1.29, 1.82) is 0 Å². The Morgan fingerprint density at radius 1 is 0.778 bits per heavy atom. The van der Waals surface area contributed by atoms with Gasteiger partial charge in [0.05, 0.1) is 0 Å². The number of hydrogen-bond acceptors (Lipinski definition) is 1. The van der Waals surface area contributed by atoms with Crippen molar-refractivity contribution < 1.29 is 0 Å². The zero-order chi connectivity index (χ0) is 12.5. The van der Waals surface area contributed by atoms with Gasteiger partial charge in [0.15, 0.2) is 0 Å². The SMILES string of the molecule is CC1CCCC(NC(C2CCC2)C2CCC2)C1C. The molecule has 3 aliphatic rings. The van der Waals surface area contributed by atoms with Crippen LogP contribution in [0.3, 0.4) is 0 Å². The average Bonchev–Trinajstić information content (AvgIpc) is 2.19. The summed E-state index contributed by atoms with van der Waals surface area (Å²) in [7, 11) is 0. The first-order valence-corrected chi connectivity index (χ1v) is 8.51. The smallest absolute Gasteiger partial charge is 0.0126 e. The fourth-order valence-electron chi connectivity index (χ4n) is 4.32. The van der Waals surface area contributed by atoms with Crippen molar-refractivity contribution in [3.8, 4) is 0 Å². The van der Waals surface area contributed by atoms with E-state index in [1.54, 1.807) is 0 Å². The van der Waals surface area contributed by atoms with Crippen LogP contribution in [0.25, 0.3) is 0 Å². The van der Waals surface area contributed by atoms with Crippen LogP contribution in [0.15, 0.2) is 0 Å². The van der Waals surface area contributed by atoms with Gasteiger partial charge in [0.2, 0.25) is 0 Å². The van der Waals surface area contributed by atoms with Crippen LogP contribution >= 0.6 is 0 Å². The average molecular weight is 249 g/mol. The summed E-state index contributed by atoms with van der Waals surface area (Å²) in [5.74, 6) is 3.88. The lowest BCUT2D eigenvalue weighted by Crippen LogP contribution is -2.54. The standard InChI is InChI=1S/C17H31N/c1-12-6-3-11-16(13(12)2)18-17(14-7-4-8-14)15-9-5-10-15/h12-18H,3-11H2,1-2H3. The van der Waals surface area contributed by atoms with E-state index in [0.29, 0.717) is 0 Å². The fraction of sp³-hybridized carbons (Fsp3) is 1.00. The predicted molar refractivity (Wildman–Crippen MR) is 77.6 cm³/mol. The van der Waals surface area contributed by atoms with Gasteiger partial charge in [-0.2, -0.15) is 0 Å². The molecule has 0 radical (unpaired) electrons. The summed E-state index contributed by atoms with van der Waals surface area (Å²) < 4.78 is 0. The van der Waals surface area contributed by atoms with Gasteiger partial charge in [-0.3, -0.25) is 0 Å². The van der Waals surface area contributed by atoms with Crippen molar-refractivity contribution >= 4 is 0 Å². The summed E-state index contributed by atoms with van der Waals surface area (Å²) in [5, 5.41) is 4.14. The van der Waals surface area contributed by atoms with E-state index in [4.69, 9.17) is 0 Å². The Hall–Kier alpha value is -0.0400. The minimum atomic E-state index is 0.819. The third-order valence-electron chi connectivity index (χ3n) is 6.43. The molecule has 0 saturated heterocycles. The minimum absolute atomic E-state index is 0.819. The minimum Gasteiger partial charge on any atom is -0.310 e. The van der Waals surface area contributed by atoms with Crippen LogP contribution < -0.4 is 5.32 Å². The van der Waals surface area contributed by atoms with Crippen molar-refractivity contribution in [2.24, 2.45) is 23.7 Å². The molecule has 0 amide bonds. The van der Waals surface area contributed by atoms with Crippen LogP contribution in [0.4, 0.5) is 0 Å². The first kappa shape index (κ1) is 13.0. The highest BCUT2D eigenvalue weighted by Crippen LogP contribution is 2.41. The second-order valence-corrected chi connectivity index (χ2v) is 7.45. The molecule has 3 atom stereocenters. The van der Waals surface area contributed by atoms with Crippen molar-refractivity contribution in [3.05, 3.63) is 0 Å². The van der Waals surface area contributed by atoms with E-state index in [-0.39, 0.29) is 0 Å². The molecule has 3 aliphatic carbocycles. The normalized spacial score (nSPS) is 38.5. The maximum absolute atomic E-state index is 4.14. The summed E-state index contributed by atoms with van der Waals surface area (Å²) >= 11 is 0. The number of rotatable bonds is 4. The van der Waals surface area contributed by atoms with E-state index in [9.17, 15) is 0 Å². The van der Waals surface area contributed by atoms with Gasteiger partial charge in [-0.25, -0.2) is 0 Å². The molecule has 3 saturated carbocycles. The summed E-state index contributed by atoms with van der Waals surface area (Å²) in [5.41, 5.74) is 0. The molecule has 18 heavy (non-hydrogen) atoms. The maximum Gasteiger partial charge on any atom is 0.0126 e. The van der Waals surface area contributed by atoms with E-state index < -0.39 is 0 Å². The van der Waals surface area contributed by atoms with Crippen molar-refractivity contribution in [2.45, 2.75) is 83.7 Å². The number of nitrogens with one attached hydrogen (secondary N) is 1. The molecule has 0 aromatic rings. The quantitative estimate of drug-likeness (QED) is 0.780. The predicted octanol–water partition coefficient (Wildman–Crippen LogP) is 4.37. The van der Waals surface area contributed by atoms with Crippen LogP contribution in [-0.2, 0) is 0 Å².